The highest BCUT2D eigenvalue weighted by atomic mass is 32.2. The Morgan fingerprint density at radius 1 is 1.58 bits per heavy atom. The zero-order valence-corrected chi connectivity index (χ0v) is 12.4. The molecule has 0 aromatic carbocycles. The number of aryl methyl sites for hydroxylation is 1. The van der Waals surface area contributed by atoms with Crippen molar-refractivity contribution < 1.29 is 13.7 Å². The van der Waals surface area contributed by atoms with E-state index in [2.05, 4.69) is 15.3 Å². The first-order chi connectivity index (χ1) is 8.93. The molecule has 0 bridgehead atoms. The molecule has 7 heteroatoms. The zero-order valence-electron chi connectivity index (χ0n) is 11.6. The number of anilines is 1. The van der Waals surface area contributed by atoms with E-state index in [0.717, 1.165) is 0 Å². The van der Waals surface area contributed by atoms with E-state index in [-0.39, 0.29) is 6.04 Å². The first-order valence-electron chi connectivity index (χ1n) is 6.01. The Morgan fingerprint density at radius 3 is 2.79 bits per heavy atom. The SMILES string of the molecule is CCOC(=O)c1cnc(NC(C)CS(C)=O)nc1C. The summed E-state index contributed by atoms with van der Waals surface area (Å²) in [5, 5.41) is 3.04. The first kappa shape index (κ1) is 15.6. The number of carbonyl (C=O) groups is 1. The molecular formula is C12H19N3O3S. The van der Waals surface area contributed by atoms with Gasteiger partial charge in [0.2, 0.25) is 5.95 Å². The van der Waals surface area contributed by atoms with Crippen molar-refractivity contribution in [3.8, 4) is 0 Å². The average molecular weight is 285 g/mol. The molecule has 0 aliphatic rings. The largest absolute Gasteiger partial charge is 0.462 e. The number of ether oxygens (including phenoxy) is 1. The fourth-order valence-electron chi connectivity index (χ4n) is 1.56. The Labute approximate surface area is 115 Å². The fourth-order valence-corrected chi connectivity index (χ4v) is 2.35. The summed E-state index contributed by atoms with van der Waals surface area (Å²) in [6.45, 7) is 5.69. The van der Waals surface area contributed by atoms with E-state index >= 15 is 0 Å². The summed E-state index contributed by atoms with van der Waals surface area (Å²) in [6.07, 6.45) is 3.09. The topological polar surface area (TPSA) is 81.2 Å². The van der Waals surface area contributed by atoms with E-state index in [1.807, 2.05) is 6.92 Å². The van der Waals surface area contributed by atoms with Crippen LogP contribution in [0.2, 0.25) is 0 Å². The lowest BCUT2D eigenvalue weighted by Crippen LogP contribution is -2.24. The van der Waals surface area contributed by atoms with Crippen molar-refractivity contribution in [2.45, 2.75) is 26.8 Å². The van der Waals surface area contributed by atoms with Gasteiger partial charge in [-0.25, -0.2) is 14.8 Å². The van der Waals surface area contributed by atoms with Gasteiger partial charge in [0, 0.05) is 35.0 Å². The molecule has 0 radical (unpaired) electrons. The summed E-state index contributed by atoms with van der Waals surface area (Å²) in [5.74, 6) is 0.514. The molecule has 1 aromatic rings. The van der Waals surface area contributed by atoms with Gasteiger partial charge in [-0.05, 0) is 20.8 Å². The van der Waals surface area contributed by atoms with Gasteiger partial charge in [-0.2, -0.15) is 0 Å². The minimum atomic E-state index is -0.881. The van der Waals surface area contributed by atoms with Gasteiger partial charge in [-0.15, -0.1) is 0 Å². The van der Waals surface area contributed by atoms with Gasteiger partial charge in [-0.3, -0.25) is 4.21 Å². The molecule has 1 N–H and O–H groups in total. The van der Waals surface area contributed by atoms with Crippen LogP contribution in [0.1, 0.15) is 29.9 Å². The quantitative estimate of drug-likeness (QED) is 0.789. The van der Waals surface area contributed by atoms with Crippen molar-refractivity contribution in [2.24, 2.45) is 0 Å². The lowest BCUT2D eigenvalue weighted by molar-refractivity contribution is 0.0524. The van der Waals surface area contributed by atoms with Gasteiger partial charge < -0.3 is 10.1 Å². The Morgan fingerprint density at radius 2 is 2.26 bits per heavy atom. The van der Waals surface area contributed by atoms with Gasteiger partial charge in [0.15, 0.2) is 0 Å². The molecule has 0 aliphatic carbocycles. The Hall–Kier alpha value is -1.50. The van der Waals surface area contributed by atoms with Crippen LogP contribution in [0.15, 0.2) is 6.20 Å². The van der Waals surface area contributed by atoms with Crippen LogP contribution in [-0.2, 0) is 15.5 Å². The maximum atomic E-state index is 11.6. The van der Waals surface area contributed by atoms with Gasteiger partial charge in [0.05, 0.1) is 17.9 Å². The van der Waals surface area contributed by atoms with E-state index in [0.29, 0.717) is 29.6 Å². The summed E-state index contributed by atoms with van der Waals surface area (Å²) in [6, 6.07) is -0.00123. The number of hydrogen-bond donors (Lipinski definition) is 1. The lowest BCUT2D eigenvalue weighted by Gasteiger charge is -2.13. The second-order valence-corrected chi connectivity index (χ2v) is 5.68. The van der Waals surface area contributed by atoms with Gasteiger partial charge in [-0.1, -0.05) is 0 Å². The van der Waals surface area contributed by atoms with Crippen molar-refractivity contribution in [2.75, 3.05) is 23.9 Å². The molecule has 0 saturated carbocycles. The Bertz CT molecular complexity index is 479. The highest BCUT2D eigenvalue weighted by Crippen LogP contribution is 2.09. The molecule has 0 fully saturated rings. The number of nitrogens with zero attached hydrogens (tertiary/aromatic N) is 2. The highest BCUT2D eigenvalue weighted by molar-refractivity contribution is 7.84. The molecule has 0 saturated heterocycles. The fraction of sp³-hybridized carbons (Fsp3) is 0.583. The molecular weight excluding hydrogens is 266 g/mol. The molecule has 1 aromatic heterocycles. The Kier molecular flexibility index (Phi) is 5.88. The maximum absolute atomic E-state index is 11.6. The lowest BCUT2D eigenvalue weighted by atomic mass is 10.2. The second-order valence-electron chi connectivity index (χ2n) is 4.20. The predicted octanol–water partition coefficient (Wildman–Crippen LogP) is 1.14. The minimum Gasteiger partial charge on any atom is -0.462 e. The third kappa shape index (κ3) is 4.94. The number of rotatable bonds is 6. The number of aromatic nitrogens is 2. The third-order valence-corrected chi connectivity index (χ3v) is 3.30. The van der Waals surface area contributed by atoms with Crippen LogP contribution in [-0.4, -0.2) is 44.8 Å². The summed E-state index contributed by atoms with van der Waals surface area (Å²) in [7, 11) is -0.881. The predicted molar refractivity (Wildman–Crippen MR) is 74.7 cm³/mol. The molecule has 2 unspecified atom stereocenters. The molecule has 1 heterocycles. The van der Waals surface area contributed by atoms with Crippen molar-refractivity contribution in [3.05, 3.63) is 17.5 Å². The normalized spacial score (nSPS) is 13.7. The summed E-state index contributed by atoms with van der Waals surface area (Å²) < 4.78 is 16.0. The van der Waals surface area contributed by atoms with Crippen LogP contribution in [0.3, 0.4) is 0 Å². The van der Waals surface area contributed by atoms with Gasteiger partial charge in [0.25, 0.3) is 0 Å². The van der Waals surface area contributed by atoms with Gasteiger partial charge in [0.1, 0.15) is 0 Å². The van der Waals surface area contributed by atoms with Crippen molar-refractivity contribution in [1.82, 2.24) is 9.97 Å². The van der Waals surface area contributed by atoms with Gasteiger partial charge >= 0.3 is 5.97 Å². The van der Waals surface area contributed by atoms with Crippen LogP contribution < -0.4 is 5.32 Å². The van der Waals surface area contributed by atoms with Crippen LogP contribution in [0, 0.1) is 6.92 Å². The maximum Gasteiger partial charge on any atom is 0.341 e. The third-order valence-electron chi connectivity index (χ3n) is 2.33. The van der Waals surface area contributed by atoms with Crippen LogP contribution >= 0.6 is 0 Å². The van der Waals surface area contributed by atoms with Crippen molar-refractivity contribution in [3.63, 3.8) is 0 Å². The molecule has 2 atom stereocenters. The standard InChI is InChI=1S/C12H19N3O3S/c1-5-18-11(16)10-6-13-12(15-9(10)3)14-8(2)7-19(4)17/h6,8H,5,7H2,1-4H3,(H,13,14,15). The second kappa shape index (κ2) is 7.18. The van der Waals surface area contributed by atoms with Crippen molar-refractivity contribution in [1.29, 1.82) is 0 Å². The van der Waals surface area contributed by atoms with Crippen LogP contribution in [0.4, 0.5) is 5.95 Å². The molecule has 0 aliphatic heterocycles. The molecule has 1 rings (SSSR count). The molecule has 0 spiro atoms. The van der Waals surface area contributed by atoms with E-state index in [4.69, 9.17) is 4.74 Å². The number of nitrogens with one attached hydrogen (secondary N) is 1. The highest BCUT2D eigenvalue weighted by Gasteiger charge is 2.13. The van der Waals surface area contributed by atoms with E-state index in [1.165, 1.54) is 6.20 Å². The van der Waals surface area contributed by atoms with Crippen LogP contribution in [0.25, 0.3) is 0 Å². The average Bonchev–Trinajstić information content (AvgIpc) is 2.27. The van der Waals surface area contributed by atoms with Crippen LogP contribution in [0.5, 0.6) is 0 Å². The number of carbonyl (C=O) groups excluding carboxylic acids is 1. The van der Waals surface area contributed by atoms with E-state index < -0.39 is 16.8 Å². The monoisotopic (exact) mass is 285 g/mol. The minimum absolute atomic E-state index is 0.00123. The smallest absolute Gasteiger partial charge is 0.341 e. The summed E-state index contributed by atoms with van der Waals surface area (Å²) in [5.41, 5.74) is 0.917. The van der Waals surface area contributed by atoms with E-state index in [9.17, 15) is 9.00 Å². The van der Waals surface area contributed by atoms with E-state index in [1.54, 1.807) is 20.1 Å². The molecule has 0 amide bonds. The first-order valence-corrected chi connectivity index (χ1v) is 7.74. The Balaban J connectivity index is 2.76. The molecule has 106 valence electrons. The number of hydrogen-bond acceptors (Lipinski definition) is 6. The zero-order chi connectivity index (χ0) is 14.4. The number of esters is 1. The molecule has 19 heavy (non-hydrogen) atoms. The summed E-state index contributed by atoms with van der Waals surface area (Å²) in [4.78, 5) is 19.9. The molecule has 6 nitrogen and oxygen atoms in total. The van der Waals surface area contributed by atoms with Crippen molar-refractivity contribution >= 4 is 22.7 Å². The summed E-state index contributed by atoms with van der Waals surface area (Å²) >= 11 is 0.